The van der Waals surface area contributed by atoms with E-state index in [-0.39, 0.29) is 11.7 Å². The molecule has 0 aliphatic heterocycles. The quantitative estimate of drug-likeness (QED) is 0.636. The smallest absolute Gasteiger partial charge is 0.271 e. The van der Waals surface area contributed by atoms with Crippen LogP contribution in [0.2, 0.25) is 0 Å². The van der Waals surface area contributed by atoms with Crippen LogP contribution in [0.4, 0.5) is 0 Å². The Bertz CT molecular complexity index is 437. The summed E-state index contributed by atoms with van der Waals surface area (Å²) in [7, 11) is 0. The maximum Gasteiger partial charge on any atom is 0.271 e. The summed E-state index contributed by atoms with van der Waals surface area (Å²) in [5.74, 6) is 0.278. The van der Waals surface area contributed by atoms with Crippen molar-refractivity contribution >= 4 is 12.1 Å². The van der Waals surface area contributed by atoms with Crippen LogP contribution in [0.3, 0.4) is 0 Å². The number of hydrogen-bond acceptors (Lipinski definition) is 3. The van der Waals surface area contributed by atoms with E-state index in [4.69, 9.17) is 0 Å². The minimum atomic E-state index is -0.294. The van der Waals surface area contributed by atoms with Crippen molar-refractivity contribution in [3.8, 4) is 5.75 Å². The van der Waals surface area contributed by atoms with Gasteiger partial charge in [0.15, 0.2) is 0 Å². The summed E-state index contributed by atoms with van der Waals surface area (Å²) in [6.45, 7) is 0. The molecule has 2 N–H and O–H groups in total. The van der Waals surface area contributed by atoms with Crippen molar-refractivity contribution < 1.29 is 9.90 Å². The van der Waals surface area contributed by atoms with Gasteiger partial charge in [-0.05, 0) is 37.0 Å². The van der Waals surface area contributed by atoms with E-state index in [1.807, 2.05) is 6.21 Å². The number of phenolic OH excluding ortho intramolecular Hbond substituents is 1. The van der Waals surface area contributed by atoms with Crippen LogP contribution in [0, 0.1) is 5.92 Å². The van der Waals surface area contributed by atoms with Crippen molar-refractivity contribution in [1.82, 2.24) is 5.43 Å². The van der Waals surface area contributed by atoms with Crippen molar-refractivity contribution in [1.29, 1.82) is 0 Å². The average Bonchev–Trinajstić information content (AvgIpc) is 2.40. The van der Waals surface area contributed by atoms with Crippen molar-refractivity contribution in [2.24, 2.45) is 11.0 Å². The summed E-state index contributed by atoms with van der Waals surface area (Å²) in [4.78, 5) is 11.7. The van der Waals surface area contributed by atoms with Gasteiger partial charge >= 0.3 is 0 Å². The molecule has 1 aliphatic carbocycles. The van der Waals surface area contributed by atoms with Crippen LogP contribution in [0.15, 0.2) is 29.4 Å². The van der Waals surface area contributed by atoms with Crippen LogP contribution in [0.1, 0.15) is 42.5 Å². The third-order valence-corrected chi connectivity index (χ3v) is 3.21. The van der Waals surface area contributed by atoms with Gasteiger partial charge in [0.05, 0.1) is 0 Å². The Morgan fingerprint density at radius 2 is 2.11 bits per heavy atom. The number of nitrogens with one attached hydrogen (secondary N) is 1. The summed E-state index contributed by atoms with van der Waals surface area (Å²) >= 11 is 0. The van der Waals surface area contributed by atoms with E-state index in [0.29, 0.717) is 11.5 Å². The maximum atomic E-state index is 11.7. The van der Waals surface area contributed by atoms with Crippen molar-refractivity contribution in [2.45, 2.75) is 32.1 Å². The predicted molar refractivity (Wildman–Crippen MR) is 70.6 cm³/mol. The first-order chi connectivity index (χ1) is 8.75. The van der Waals surface area contributed by atoms with Crippen LogP contribution in [-0.2, 0) is 0 Å². The van der Waals surface area contributed by atoms with Gasteiger partial charge < -0.3 is 5.11 Å². The predicted octanol–water partition coefficient (Wildman–Crippen LogP) is 2.69. The molecule has 1 aliphatic rings. The Kier molecular flexibility index (Phi) is 4.34. The van der Waals surface area contributed by atoms with Crippen molar-refractivity contribution in [2.75, 3.05) is 0 Å². The lowest BCUT2D eigenvalue weighted by Gasteiger charge is -2.16. The van der Waals surface area contributed by atoms with Gasteiger partial charge in [0, 0.05) is 11.8 Å². The highest BCUT2D eigenvalue weighted by Crippen LogP contribution is 2.21. The second kappa shape index (κ2) is 6.19. The van der Waals surface area contributed by atoms with E-state index in [2.05, 4.69) is 10.5 Å². The molecule has 1 aromatic rings. The highest BCUT2D eigenvalue weighted by molar-refractivity contribution is 5.94. The largest absolute Gasteiger partial charge is 0.508 e. The first kappa shape index (κ1) is 12.6. The molecular weight excluding hydrogens is 228 g/mol. The Morgan fingerprint density at radius 1 is 1.33 bits per heavy atom. The summed E-state index contributed by atoms with van der Waals surface area (Å²) in [6.07, 6.45) is 7.95. The molecule has 0 unspecified atom stereocenters. The molecule has 2 rings (SSSR count). The maximum absolute atomic E-state index is 11.7. The van der Waals surface area contributed by atoms with Gasteiger partial charge in [-0.3, -0.25) is 4.79 Å². The van der Waals surface area contributed by atoms with E-state index in [1.54, 1.807) is 12.1 Å². The van der Waals surface area contributed by atoms with Gasteiger partial charge in [-0.15, -0.1) is 0 Å². The SMILES string of the molecule is O=C(N/N=C/C1CCCCC1)c1cccc(O)c1. The Morgan fingerprint density at radius 3 is 2.83 bits per heavy atom. The Labute approximate surface area is 107 Å². The van der Waals surface area contributed by atoms with Gasteiger partial charge in [0.25, 0.3) is 5.91 Å². The van der Waals surface area contributed by atoms with E-state index < -0.39 is 0 Å². The van der Waals surface area contributed by atoms with Crippen LogP contribution in [0.25, 0.3) is 0 Å². The third kappa shape index (κ3) is 3.58. The van der Waals surface area contributed by atoms with Crippen LogP contribution >= 0.6 is 0 Å². The number of benzene rings is 1. The molecule has 0 radical (unpaired) electrons. The van der Waals surface area contributed by atoms with Crippen LogP contribution < -0.4 is 5.43 Å². The topological polar surface area (TPSA) is 61.7 Å². The first-order valence-electron chi connectivity index (χ1n) is 6.38. The molecular formula is C14H18N2O2. The highest BCUT2D eigenvalue weighted by Gasteiger charge is 2.11. The van der Waals surface area contributed by atoms with Crippen LogP contribution in [0.5, 0.6) is 5.75 Å². The molecule has 0 aromatic heterocycles. The van der Waals surface area contributed by atoms with Gasteiger partial charge in [0.1, 0.15) is 5.75 Å². The molecule has 0 saturated heterocycles. The van der Waals surface area contributed by atoms with E-state index in [1.165, 1.54) is 31.4 Å². The van der Waals surface area contributed by atoms with Crippen LogP contribution in [-0.4, -0.2) is 17.2 Å². The molecule has 0 spiro atoms. The second-order valence-corrected chi connectivity index (χ2v) is 4.67. The Hall–Kier alpha value is -1.84. The fourth-order valence-electron chi connectivity index (χ4n) is 2.20. The molecule has 96 valence electrons. The minimum absolute atomic E-state index is 0.0823. The lowest BCUT2D eigenvalue weighted by Crippen LogP contribution is -2.19. The third-order valence-electron chi connectivity index (χ3n) is 3.21. The molecule has 1 saturated carbocycles. The minimum Gasteiger partial charge on any atom is -0.508 e. The number of rotatable bonds is 3. The normalized spacial score (nSPS) is 16.9. The number of amides is 1. The number of hydrazone groups is 1. The van der Waals surface area contributed by atoms with Crippen molar-refractivity contribution in [3.05, 3.63) is 29.8 Å². The monoisotopic (exact) mass is 246 g/mol. The zero-order valence-electron chi connectivity index (χ0n) is 10.3. The Balaban J connectivity index is 1.86. The number of hydrogen-bond donors (Lipinski definition) is 2. The fourth-order valence-corrected chi connectivity index (χ4v) is 2.20. The highest BCUT2D eigenvalue weighted by atomic mass is 16.3. The average molecular weight is 246 g/mol. The fraction of sp³-hybridized carbons (Fsp3) is 0.429. The second-order valence-electron chi connectivity index (χ2n) is 4.67. The van der Waals surface area contributed by atoms with Gasteiger partial charge in [-0.25, -0.2) is 5.43 Å². The first-order valence-corrected chi connectivity index (χ1v) is 6.38. The molecule has 4 heteroatoms. The van der Waals surface area contributed by atoms with E-state index in [9.17, 15) is 9.90 Å². The lowest BCUT2D eigenvalue weighted by atomic mass is 9.90. The molecule has 1 fully saturated rings. The summed E-state index contributed by atoms with van der Waals surface area (Å²) < 4.78 is 0. The number of aromatic hydroxyl groups is 1. The molecule has 1 amide bonds. The molecule has 1 aromatic carbocycles. The van der Waals surface area contributed by atoms with Gasteiger partial charge in [-0.1, -0.05) is 25.3 Å². The van der Waals surface area contributed by atoms with Crippen molar-refractivity contribution in [3.63, 3.8) is 0 Å². The van der Waals surface area contributed by atoms with E-state index in [0.717, 1.165) is 12.8 Å². The number of nitrogens with zero attached hydrogens (tertiary/aromatic N) is 1. The number of phenols is 1. The lowest BCUT2D eigenvalue weighted by molar-refractivity contribution is 0.0954. The molecule has 18 heavy (non-hydrogen) atoms. The van der Waals surface area contributed by atoms with Gasteiger partial charge in [-0.2, -0.15) is 5.10 Å². The van der Waals surface area contributed by atoms with E-state index >= 15 is 0 Å². The number of carbonyl (C=O) groups excluding carboxylic acids is 1. The number of carbonyl (C=O) groups is 1. The molecule has 0 atom stereocenters. The molecule has 0 bridgehead atoms. The summed E-state index contributed by atoms with van der Waals surface area (Å²) in [5.41, 5.74) is 2.91. The zero-order chi connectivity index (χ0) is 12.8. The summed E-state index contributed by atoms with van der Waals surface area (Å²) in [6, 6.07) is 6.23. The molecule has 4 nitrogen and oxygen atoms in total. The molecule has 0 heterocycles. The zero-order valence-corrected chi connectivity index (χ0v) is 10.3. The summed E-state index contributed by atoms with van der Waals surface area (Å²) in [5, 5.41) is 13.3. The standard InChI is InChI=1S/C14H18N2O2/c17-13-8-4-7-12(9-13)14(18)16-15-10-11-5-2-1-3-6-11/h4,7-11,17H,1-3,5-6H2,(H,16,18)/b15-10+. The van der Waals surface area contributed by atoms with Gasteiger partial charge in [0.2, 0.25) is 0 Å².